The van der Waals surface area contributed by atoms with E-state index in [4.69, 9.17) is 21.1 Å². The normalized spacial score (nSPS) is 12.5. The van der Waals surface area contributed by atoms with Crippen LogP contribution in [0.5, 0.6) is 11.5 Å². The van der Waals surface area contributed by atoms with E-state index in [-0.39, 0.29) is 6.79 Å². The standard InChI is InChI=1S/C18H12ClN5O2S2/c19-16-13(20-23-28-16)9-27-18-22-21-17(24(18)12-4-2-1-3-5-12)11-6-7-14-15(8-11)26-10-25-14/h1-8H,9-10H2. The number of rotatable bonds is 5. The zero-order valence-corrected chi connectivity index (χ0v) is 16.7. The number of halogens is 1. The molecule has 0 saturated carbocycles. The summed E-state index contributed by atoms with van der Waals surface area (Å²) in [7, 11) is 0. The Hall–Kier alpha value is -2.62. The SMILES string of the molecule is Clc1snnc1CSc1nnc(-c2ccc3c(c2)OCO3)n1-c1ccccc1. The monoisotopic (exact) mass is 429 g/mol. The first-order valence-corrected chi connectivity index (χ1v) is 10.4. The zero-order valence-electron chi connectivity index (χ0n) is 14.3. The van der Waals surface area contributed by atoms with Crippen molar-refractivity contribution >= 4 is 34.9 Å². The lowest BCUT2D eigenvalue weighted by molar-refractivity contribution is 0.174. The third-order valence-electron chi connectivity index (χ3n) is 4.13. The number of ether oxygens (including phenoxy) is 2. The molecule has 0 spiro atoms. The van der Waals surface area contributed by atoms with Crippen molar-refractivity contribution in [3.8, 4) is 28.6 Å². The van der Waals surface area contributed by atoms with E-state index >= 15 is 0 Å². The van der Waals surface area contributed by atoms with Crippen LogP contribution < -0.4 is 9.47 Å². The van der Waals surface area contributed by atoms with Crippen molar-refractivity contribution in [3.63, 3.8) is 0 Å². The fraction of sp³-hybridized carbons (Fsp3) is 0.111. The van der Waals surface area contributed by atoms with Gasteiger partial charge in [-0.25, -0.2) is 0 Å². The van der Waals surface area contributed by atoms with E-state index < -0.39 is 0 Å². The first kappa shape index (κ1) is 17.5. The van der Waals surface area contributed by atoms with Crippen molar-refractivity contribution in [2.75, 3.05) is 6.79 Å². The van der Waals surface area contributed by atoms with E-state index in [0.29, 0.717) is 15.8 Å². The van der Waals surface area contributed by atoms with Gasteiger partial charge in [-0.05, 0) is 30.3 Å². The third kappa shape index (κ3) is 3.21. The summed E-state index contributed by atoms with van der Waals surface area (Å²) in [6.45, 7) is 0.230. The molecule has 2 aromatic carbocycles. The van der Waals surface area contributed by atoms with Crippen molar-refractivity contribution in [3.05, 3.63) is 58.6 Å². The van der Waals surface area contributed by atoms with Gasteiger partial charge in [0.1, 0.15) is 10.0 Å². The van der Waals surface area contributed by atoms with Crippen LogP contribution in [0.15, 0.2) is 53.7 Å². The van der Waals surface area contributed by atoms with Crippen LogP contribution >= 0.6 is 34.9 Å². The Kier molecular flexibility index (Phi) is 4.63. The summed E-state index contributed by atoms with van der Waals surface area (Å²) in [5.74, 6) is 2.71. The first-order valence-electron chi connectivity index (χ1n) is 8.30. The highest BCUT2D eigenvalue weighted by molar-refractivity contribution is 7.98. The molecule has 10 heteroatoms. The molecule has 5 rings (SSSR count). The number of benzene rings is 2. The molecule has 0 amide bonds. The lowest BCUT2D eigenvalue weighted by Crippen LogP contribution is -1.99. The molecule has 0 fully saturated rings. The summed E-state index contributed by atoms with van der Waals surface area (Å²) in [6.07, 6.45) is 0. The minimum atomic E-state index is 0.230. The Morgan fingerprint density at radius 3 is 2.71 bits per heavy atom. The largest absolute Gasteiger partial charge is 0.454 e. The summed E-state index contributed by atoms with van der Waals surface area (Å²) >= 11 is 8.81. The van der Waals surface area contributed by atoms with E-state index in [1.807, 2.05) is 53.1 Å². The van der Waals surface area contributed by atoms with Crippen LogP contribution in [0.2, 0.25) is 4.34 Å². The topological polar surface area (TPSA) is 75.0 Å². The lowest BCUT2D eigenvalue weighted by atomic mass is 10.2. The minimum Gasteiger partial charge on any atom is -0.454 e. The molecular weight excluding hydrogens is 418 g/mol. The Morgan fingerprint density at radius 2 is 1.89 bits per heavy atom. The molecule has 0 N–H and O–H groups in total. The summed E-state index contributed by atoms with van der Waals surface area (Å²) < 4.78 is 17.4. The van der Waals surface area contributed by atoms with Crippen molar-refractivity contribution in [2.45, 2.75) is 10.9 Å². The molecule has 0 atom stereocenters. The maximum absolute atomic E-state index is 6.13. The fourth-order valence-corrected chi connectivity index (χ4v) is 4.50. The second kappa shape index (κ2) is 7.42. The first-order chi connectivity index (χ1) is 13.8. The van der Waals surface area contributed by atoms with Gasteiger partial charge in [-0.1, -0.05) is 46.1 Å². The van der Waals surface area contributed by atoms with Gasteiger partial charge in [-0.15, -0.1) is 15.3 Å². The zero-order chi connectivity index (χ0) is 18.9. The molecule has 0 unspecified atom stereocenters. The predicted molar refractivity (Wildman–Crippen MR) is 107 cm³/mol. The van der Waals surface area contributed by atoms with Crippen molar-refractivity contribution < 1.29 is 9.47 Å². The van der Waals surface area contributed by atoms with E-state index in [0.717, 1.165) is 33.7 Å². The average Bonchev–Trinajstić information content (AvgIpc) is 3.46. The van der Waals surface area contributed by atoms with E-state index in [1.165, 1.54) is 23.3 Å². The highest BCUT2D eigenvalue weighted by Crippen LogP contribution is 2.37. The van der Waals surface area contributed by atoms with Crippen LogP contribution in [-0.4, -0.2) is 31.1 Å². The molecule has 140 valence electrons. The Labute approximate surface area is 173 Å². The van der Waals surface area contributed by atoms with Gasteiger partial charge in [0.15, 0.2) is 22.5 Å². The number of nitrogens with zero attached hydrogens (tertiary/aromatic N) is 5. The number of thioether (sulfide) groups is 1. The lowest BCUT2D eigenvalue weighted by Gasteiger charge is -2.10. The number of hydrogen-bond donors (Lipinski definition) is 0. The fourth-order valence-electron chi connectivity index (χ4n) is 2.81. The smallest absolute Gasteiger partial charge is 0.231 e. The molecule has 1 aliphatic heterocycles. The van der Waals surface area contributed by atoms with Crippen molar-refractivity contribution in [1.82, 2.24) is 24.4 Å². The van der Waals surface area contributed by atoms with Gasteiger partial charge in [0.2, 0.25) is 6.79 Å². The second-order valence-corrected chi connectivity index (χ2v) is 8.13. The van der Waals surface area contributed by atoms with Crippen LogP contribution in [0.1, 0.15) is 5.69 Å². The van der Waals surface area contributed by atoms with Gasteiger partial charge in [-0.2, -0.15) is 0 Å². The van der Waals surface area contributed by atoms with Gasteiger partial charge in [0.05, 0.1) is 0 Å². The van der Waals surface area contributed by atoms with Crippen molar-refractivity contribution in [1.29, 1.82) is 0 Å². The number of fused-ring (bicyclic) bond motifs is 1. The second-order valence-electron chi connectivity index (χ2n) is 5.83. The molecule has 0 aliphatic carbocycles. The molecule has 3 heterocycles. The Balaban J connectivity index is 1.56. The summed E-state index contributed by atoms with van der Waals surface area (Å²) in [5.41, 5.74) is 2.59. The number of aromatic nitrogens is 5. The van der Waals surface area contributed by atoms with Gasteiger partial charge in [-0.3, -0.25) is 4.57 Å². The van der Waals surface area contributed by atoms with Crippen LogP contribution in [-0.2, 0) is 5.75 Å². The Bertz CT molecular complexity index is 1130. The molecular formula is C18H12ClN5O2S2. The quantitative estimate of drug-likeness (QED) is 0.433. The van der Waals surface area contributed by atoms with E-state index in [2.05, 4.69) is 19.8 Å². The molecule has 28 heavy (non-hydrogen) atoms. The van der Waals surface area contributed by atoms with E-state index in [1.54, 1.807) is 0 Å². The number of hydrogen-bond acceptors (Lipinski definition) is 8. The highest BCUT2D eigenvalue weighted by atomic mass is 35.5. The van der Waals surface area contributed by atoms with Crippen LogP contribution in [0, 0.1) is 0 Å². The van der Waals surface area contributed by atoms with Crippen LogP contribution in [0.4, 0.5) is 0 Å². The Morgan fingerprint density at radius 1 is 1.04 bits per heavy atom. The van der Waals surface area contributed by atoms with Gasteiger partial charge < -0.3 is 9.47 Å². The predicted octanol–water partition coefficient (Wildman–Crippen LogP) is 4.46. The molecule has 0 radical (unpaired) electrons. The molecule has 0 bridgehead atoms. The van der Waals surface area contributed by atoms with Gasteiger partial charge in [0.25, 0.3) is 0 Å². The average molecular weight is 430 g/mol. The molecule has 7 nitrogen and oxygen atoms in total. The summed E-state index contributed by atoms with van der Waals surface area (Å²) in [4.78, 5) is 0. The third-order valence-corrected chi connectivity index (χ3v) is 6.05. The molecule has 0 saturated heterocycles. The maximum atomic E-state index is 6.13. The van der Waals surface area contributed by atoms with Gasteiger partial charge in [0, 0.05) is 28.5 Å². The van der Waals surface area contributed by atoms with Gasteiger partial charge >= 0.3 is 0 Å². The number of para-hydroxylation sites is 1. The minimum absolute atomic E-state index is 0.230. The van der Waals surface area contributed by atoms with Crippen molar-refractivity contribution in [2.24, 2.45) is 0 Å². The molecule has 4 aromatic rings. The highest BCUT2D eigenvalue weighted by Gasteiger charge is 2.20. The molecule has 1 aliphatic rings. The van der Waals surface area contributed by atoms with E-state index in [9.17, 15) is 0 Å². The molecule has 2 aromatic heterocycles. The van der Waals surface area contributed by atoms with Crippen LogP contribution in [0.3, 0.4) is 0 Å². The summed E-state index contributed by atoms with van der Waals surface area (Å²) in [5, 5.41) is 13.7. The maximum Gasteiger partial charge on any atom is 0.231 e. The summed E-state index contributed by atoms with van der Waals surface area (Å²) in [6, 6.07) is 15.7. The van der Waals surface area contributed by atoms with Crippen LogP contribution in [0.25, 0.3) is 17.1 Å².